The summed E-state index contributed by atoms with van der Waals surface area (Å²) in [5, 5.41) is 6.76. The normalized spacial score (nSPS) is 11.9. The Balaban J connectivity index is 1.09. The van der Waals surface area contributed by atoms with Crippen LogP contribution in [-0.2, 0) is 0 Å². The van der Waals surface area contributed by atoms with Crippen LogP contribution in [0.15, 0.2) is 217 Å². The van der Waals surface area contributed by atoms with Gasteiger partial charge in [0, 0.05) is 49.5 Å². The third-order valence-electron chi connectivity index (χ3n) is 12.5. The van der Waals surface area contributed by atoms with Crippen LogP contribution in [0.3, 0.4) is 0 Å². The quantitative estimate of drug-likeness (QED) is 0.167. The number of hydrogen-bond donors (Lipinski definition) is 0. The van der Waals surface area contributed by atoms with E-state index in [1.807, 2.05) is 30.3 Å². The van der Waals surface area contributed by atoms with Crippen molar-refractivity contribution in [3.05, 3.63) is 212 Å². The third kappa shape index (κ3) is 5.83. The number of rotatable bonds is 6. The van der Waals surface area contributed by atoms with Crippen LogP contribution >= 0.6 is 0 Å². The van der Waals surface area contributed by atoms with Crippen molar-refractivity contribution in [1.82, 2.24) is 15.0 Å². The molecule has 0 N–H and O–H groups in total. The second-order valence-electron chi connectivity index (χ2n) is 16.3. The molecule has 0 aliphatic carbocycles. The summed E-state index contributed by atoms with van der Waals surface area (Å²) in [6.07, 6.45) is 0. The van der Waals surface area contributed by atoms with Crippen LogP contribution in [0.5, 0.6) is 11.5 Å². The van der Waals surface area contributed by atoms with Gasteiger partial charge in [-0.1, -0.05) is 176 Å². The molecule has 0 amide bonds. The zero-order chi connectivity index (χ0) is 42.1. The largest absolute Gasteiger partial charge is 0.456 e. The maximum absolute atomic E-state index is 7.00. The average Bonchev–Trinajstić information content (AvgIpc) is 3.75. The second-order valence-corrected chi connectivity index (χ2v) is 16.3. The van der Waals surface area contributed by atoms with Crippen LogP contribution in [0.25, 0.3) is 122 Å². The van der Waals surface area contributed by atoms with E-state index in [0.29, 0.717) is 17.5 Å². The molecule has 0 spiro atoms. The van der Waals surface area contributed by atoms with E-state index in [9.17, 15) is 0 Å². The molecule has 0 saturated heterocycles. The van der Waals surface area contributed by atoms with Gasteiger partial charge in [-0.15, -0.1) is 0 Å². The molecule has 12 aromatic rings. The van der Waals surface area contributed by atoms with Crippen LogP contribution in [0.1, 0.15) is 0 Å². The lowest BCUT2D eigenvalue weighted by Gasteiger charge is -2.25. The molecule has 5 nitrogen and oxygen atoms in total. The third-order valence-corrected chi connectivity index (χ3v) is 12.5. The summed E-state index contributed by atoms with van der Waals surface area (Å²) in [7, 11) is 0. The lowest BCUT2D eigenvalue weighted by molar-refractivity contribution is 0.489. The first-order valence-corrected chi connectivity index (χ1v) is 21.5. The van der Waals surface area contributed by atoms with Crippen molar-refractivity contribution in [1.29, 1.82) is 0 Å². The van der Waals surface area contributed by atoms with E-state index >= 15 is 0 Å². The number of aromatic nitrogens is 3. The van der Waals surface area contributed by atoms with E-state index in [2.05, 4.69) is 182 Å². The molecule has 10 aromatic carbocycles. The molecule has 1 aliphatic heterocycles. The Labute approximate surface area is 368 Å². The number of benzene rings is 10. The second kappa shape index (κ2) is 14.5. The maximum Gasteiger partial charge on any atom is 0.164 e. The van der Waals surface area contributed by atoms with E-state index in [-0.39, 0.29) is 0 Å². The van der Waals surface area contributed by atoms with Gasteiger partial charge in [0.2, 0.25) is 0 Å². The van der Waals surface area contributed by atoms with Gasteiger partial charge in [-0.25, -0.2) is 15.0 Å². The Hall–Kier alpha value is -8.67. The number of nitrogens with zero attached hydrogens (tertiary/aromatic N) is 3. The zero-order valence-electron chi connectivity index (χ0n) is 34.4. The van der Waals surface area contributed by atoms with Crippen molar-refractivity contribution >= 4 is 43.5 Å². The minimum absolute atomic E-state index is 0.548. The molecule has 13 rings (SSSR count). The molecule has 3 heterocycles. The highest BCUT2D eigenvalue weighted by Crippen LogP contribution is 2.53. The summed E-state index contributed by atoms with van der Waals surface area (Å²) in [4.78, 5) is 16.0. The molecule has 0 unspecified atom stereocenters. The highest BCUT2D eigenvalue weighted by molar-refractivity contribution is 6.19. The summed E-state index contributed by atoms with van der Waals surface area (Å²) in [6, 6.07) is 73.9. The SMILES string of the molecule is c1ccc(-c2cc(-c3nc(-c4ccccc4)nc(-c4ccc5c(c4)oc4ccc6ccccc6c45)n3)c(-c3ccccc3)c(-c3cccc4c3Oc3cccc5cccc-4c35)c2)cc1. The Kier molecular flexibility index (Phi) is 8.15. The molecule has 0 bridgehead atoms. The maximum atomic E-state index is 7.00. The Morgan fingerprint density at radius 3 is 1.72 bits per heavy atom. The minimum atomic E-state index is 0.548. The molecule has 298 valence electrons. The first-order chi connectivity index (χ1) is 31.7. The van der Waals surface area contributed by atoms with Gasteiger partial charge in [-0.3, -0.25) is 0 Å². The summed E-state index contributed by atoms with van der Waals surface area (Å²) in [6.45, 7) is 0. The highest BCUT2D eigenvalue weighted by atomic mass is 16.5. The summed E-state index contributed by atoms with van der Waals surface area (Å²) < 4.78 is 13.6. The molecule has 64 heavy (non-hydrogen) atoms. The fraction of sp³-hybridized carbons (Fsp3) is 0. The molecule has 0 fully saturated rings. The number of hydrogen-bond acceptors (Lipinski definition) is 5. The van der Waals surface area contributed by atoms with Crippen LogP contribution < -0.4 is 4.74 Å². The van der Waals surface area contributed by atoms with E-state index < -0.39 is 0 Å². The first-order valence-electron chi connectivity index (χ1n) is 21.5. The van der Waals surface area contributed by atoms with E-state index in [4.69, 9.17) is 24.1 Å². The first kappa shape index (κ1) is 36.0. The predicted molar refractivity (Wildman–Crippen MR) is 260 cm³/mol. The molecule has 0 radical (unpaired) electrons. The van der Waals surface area contributed by atoms with Gasteiger partial charge >= 0.3 is 0 Å². The lowest BCUT2D eigenvalue weighted by Crippen LogP contribution is -2.03. The fourth-order valence-corrected chi connectivity index (χ4v) is 9.57. The van der Waals surface area contributed by atoms with Crippen molar-refractivity contribution in [2.24, 2.45) is 0 Å². The Bertz CT molecular complexity index is 3800. The smallest absolute Gasteiger partial charge is 0.164 e. The minimum Gasteiger partial charge on any atom is -0.456 e. The van der Waals surface area contributed by atoms with E-state index in [1.54, 1.807) is 0 Å². The molecule has 0 saturated carbocycles. The van der Waals surface area contributed by atoms with Gasteiger partial charge in [-0.2, -0.15) is 0 Å². The fourth-order valence-electron chi connectivity index (χ4n) is 9.57. The van der Waals surface area contributed by atoms with E-state index in [1.165, 1.54) is 5.39 Å². The molecular formula is C59H35N3O2. The zero-order valence-corrected chi connectivity index (χ0v) is 34.4. The number of para-hydroxylation sites is 1. The predicted octanol–water partition coefficient (Wildman–Crippen LogP) is 15.9. The molecule has 5 heteroatoms. The van der Waals surface area contributed by atoms with Crippen LogP contribution in [0, 0.1) is 0 Å². The van der Waals surface area contributed by atoms with Crippen molar-refractivity contribution < 1.29 is 9.15 Å². The standard InChI is InChI=1S/C59H35N3O2/c1-4-15-36(16-5-1)42-33-48(46-27-14-26-45-44-25-12-22-39-23-13-28-50(54(39)44)64-56(45)46)53(38-18-6-2-7-19-38)49(34-42)59-61-57(40-20-8-3-9-21-40)60-58(62-59)41-29-31-47-52(35-41)63-51-32-30-37-17-10-11-24-43(37)55(47)51/h1-35H. The van der Waals surface area contributed by atoms with Crippen molar-refractivity contribution in [3.8, 4) is 90.2 Å². The molecule has 1 aliphatic rings. The van der Waals surface area contributed by atoms with Gasteiger partial charge in [0.15, 0.2) is 17.5 Å². The topological polar surface area (TPSA) is 61.0 Å². The molecular weight excluding hydrogens is 783 g/mol. The van der Waals surface area contributed by atoms with Crippen LogP contribution in [0.2, 0.25) is 0 Å². The molecule has 2 aromatic heterocycles. The monoisotopic (exact) mass is 817 g/mol. The van der Waals surface area contributed by atoms with Crippen LogP contribution in [0.4, 0.5) is 0 Å². The van der Waals surface area contributed by atoms with Crippen molar-refractivity contribution in [2.75, 3.05) is 0 Å². The van der Waals surface area contributed by atoms with Gasteiger partial charge in [0.25, 0.3) is 0 Å². The van der Waals surface area contributed by atoms with Crippen molar-refractivity contribution in [2.45, 2.75) is 0 Å². The molecule has 0 atom stereocenters. The van der Waals surface area contributed by atoms with Crippen LogP contribution in [-0.4, -0.2) is 15.0 Å². The number of ether oxygens (including phenoxy) is 1. The summed E-state index contributed by atoms with van der Waals surface area (Å²) in [5.74, 6) is 3.34. The average molecular weight is 818 g/mol. The number of furan rings is 1. The summed E-state index contributed by atoms with van der Waals surface area (Å²) >= 11 is 0. The van der Waals surface area contributed by atoms with Crippen molar-refractivity contribution in [3.63, 3.8) is 0 Å². The highest BCUT2D eigenvalue weighted by Gasteiger charge is 2.27. The van der Waals surface area contributed by atoms with Gasteiger partial charge < -0.3 is 9.15 Å². The Morgan fingerprint density at radius 2 is 0.922 bits per heavy atom. The Morgan fingerprint density at radius 1 is 0.312 bits per heavy atom. The lowest BCUT2D eigenvalue weighted by atomic mass is 9.84. The van der Waals surface area contributed by atoms with Gasteiger partial charge in [0.1, 0.15) is 22.7 Å². The number of fused-ring (bicyclic) bond motifs is 7. The van der Waals surface area contributed by atoms with Gasteiger partial charge in [-0.05, 0) is 80.4 Å². The summed E-state index contributed by atoms with van der Waals surface area (Å²) in [5.41, 5.74) is 12.5. The van der Waals surface area contributed by atoms with E-state index in [0.717, 1.165) is 111 Å². The van der Waals surface area contributed by atoms with Gasteiger partial charge in [0.05, 0.1) is 0 Å².